The highest BCUT2D eigenvalue weighted by molar-refractivity contribution is 6.80. The predicted molar refractivity (Wildman–Crippen MR) is 121 cm³/mol. The summed E-state index contributed by atoms with van der Waals surface area (Å²) < 4.78 is 12.3. The van der Waals surface area contributed by atoms with Gasteiger partial charge in [0.15, 0.2) is 0 Å². The largest absolute Gasteiger partial charge is 0.385 e. The number of hydrogen-bond donors (Lipinski definition) is 1. The van der Waals surface area contributed by atoms with Crippen LogP contribution in [0.25, 0.3) is 0 Å². The molecule has 2 aromatic rings. The molecule has 2 fully saturated rings. The topological polar surface area (TPSA) is 61.6 Å². The molecule has 5 heteroatoms. The standard InChI is InChI=1S/C25H32NO3Si/c1-24(2,3)18-11-13-20(14-12-18)30(19-8-5-4-6-9-19)29-17-28-16-25-15-7-10-21(25)22(25)23(26)27/h4-6,8-9,11-14,21-22H,7,10,15-17H2,1-3H3,(H2,26,27). The lowest BCUT2D eigenvalue weighted by molar-refractivity contribution is -0.121. The molecular formula is C25H32NO3Si. The van der Waals surface area contributed by atoms with Crippen molar-refractivity contribution in [1.29, 1.82) is 0 Å². The maximum atomic E-state index is 11.7. The Morgan fingerprint density at radius 1 is 1.10 bits per heavy atom. The van der Waals surface area contributed by atoms with Crippen molar-refractivity contribution in [2.45, 2.75) is 45.4 Å². The lowest BCUT2D eigenvalue weighted by Crippen LogP contribution is -2.45. The van der Waals surface area contributed by atoms with E-state index in [0.29, 0.717) is 12.5 Å². The summed E-state index contributed by atoms with van der Waals surface area (Å²) in [5.41, 5.74) is 7.01. The first kappa shape index (κ1) is 21.3. The van der Waals surface area contributed by atoms with Crippen molar-refractivity contribution in [3.63, 3.8) is 0 Å². The third-order valence-electron chi connectivity index (χ3n) is 6.82. The first-order valence-electron chi connectivity index (χ1n) is 10.9. The number of hydrogen-bond acceptors (Lipinski definition) is 3. The van der Waals surface area contributed by atoms with Gasteiger partial charge in [0.2, 0.25) is 5.91 Å². The van der Waals surface area contributed by atoms with E-state index in [9.17, 15) is 4.79 Å². The zero-order valence-corrected chi connectivity index (χ0v) is 19.2. The molecule has 159 valence electrons. The quantitative estimate of drug-likeness (QED) is 0.404. The van der Waals surface area contributed by atoms with Crippen LogP contribution in [0, 0.1) is 17.3 Å². The maximum Gasteiger partial charge on any atom is 0.285 e. The second-order valence-corrected chi connectivity index (χ2v) is 11.8. The monoisotopic (exact) mass is 422 g/mol. The van der Waals surface area contributed by atoms with Crippen molar-refractivity contribution in [1.82, 2.24) is 0 Å². The second-order valence-electron chi connectivity index (χ2n) is 9.75. The van der Waals surface area contributed by atoms with Crippen molar-refractivity contribution >= 4 is 25.3 Å². The summed E-state index contributed by atoms with van der Waals surface area (Å²) in [6, 6.07) is 19.2. The van der Waals surface area contributed by atoms with Crippen LogP contribution in [0.4, 0.5) is 0 Å². The summed E-state index contributed by atoms with van der Waals surface area (Å²) in [7, 11) is -1.41. The Morgan fingerprint density at radius 3 is 2.37 bits per heavy atom. The highest BCUT2D eigenvalue weighted by atomic mass is 28.3. The van der Waals surface area contributed by atoms with Crippen LogP contribution in [-0.4, -0.2) is 28.3 Å². The van der Waals surface area contributed by atoms with E-state index < -0.39 is 9.04 Å². The van der Waals surface area contributed by atoms with Crippen LogP contribution in [0.1, 0.15) is 45.6 Å². The second kappa shape index (κ2) is 8.29. The van der Waals surface area contributed by atoms with Crippen molar-refractivity contribution < 1.29 is 14.0 Å². The van der Waals surface area contributed by atoms with Gasteiger partial charge in [-0.05, 0) is 40.1 Å². The number of fused-ring (bicyclic) bond motifs is 1. The molecule has 0 aromatic heterocycles. The van der Waals surface area contributed by atoms with Gasteiger partial charge in [0.05, 0.1) is 6.61 Å². The third-order valence-corrected chi connectivity index (χ3v) is 8.94. The van der Waals surface area contributed by atoms with Gasteiger partial charge in [0.25, 0.3) is 9.04 Å². The number of ether oxygens (including phenoxy) is 1. The first-order chi connectivity index (χ1) is 14.3. The number of nitrogens with two attached hydrogens (primary N) is 1. The highest BCUT2D eigenvalue weighted by Crippen LogP contribution is 2.68. The van der Waals surface area contributed by atoms with Crippen molar-refractivity contribution in [3.8, 4) is 0 Å². The fourth-order valence-electron chi connectivity index (χ4n) is 5.15. The zero-order valence-electron chi connectivity index (χ0n) is 18.2. The Hall–Kier alpha value is -1.95. The summed E-state index contributed by atoms with van der Waals surface area (Å²) in [5, 5.41) is 2.41. The summed E-state index contributed by atoms with van der Waals surface area (Å²) in [4.78, 5) is 11.7. The van der Waals surface area contributed by atoms with E-state index in [4.69, 9.17) is 14.9 Å². The minimum Gasteiger partial charge on any atom is -0.385 e. The van der Waals surface area contributed by atoms with Crippen molar-refractivity contribution in [2.24, 2.45) is 23.0 Å². The molecule has 0 bridgehead atoms. The Labute approximate surface area is 181 Å². The smallest absolute Gasteiger partial charge is 0.285 e. The highest BCUT2D eigenvalue weighted by Gasteiger charge is 2.69. The number of carbonyl (C=O) groups excluding carboxylic acids is 1. The molecule has 0 aliphatic heterocycles. The number of rotatable bonds is 8. The predicted octanol–water partition coefficient (Wildman–Crippen LogP) is 2.98. The fraction of sp³-hybridized carbons (Fsp3) is 0.480. The van der Waals surface area contributed by atoms with Gasteiger partial charge >= 0.3 is 0 Å². The van der Waals surface area contributed by atoms with E-state index in [1.165, 1.54) is 15.9 Å². The fourth-order valence-corrected chi connectivity index (χ4v) is 6.98. The van der Waals surface area contributed by atoms with E-state index in [0.717, 1.165) is 19.3 Å². The Balaban J connectivity index is 1.42. The molecule has 0 heterocycles. The van der Waals surface area contributed by atoms with Crippen LogP contribution < -0.4 is 16.1 Å². The first-order valence-corrected chi connectivity index (χ1v) is 12.3. The number of carbonyl (C=O) groups is 1. The molecule has 2 N–H and O–H groups in total. The number of primary amides is 1. The van der Waals surface area contributed by atoms with E-state index in [1.807, 2.05) is 6.07 Å². The normalized spacial score (nSPS) is 25.3. The lowest BCUT2D eigenvalue weighted by Gasteiger charge is -2.21. The van der Waals surface area contributed by atoms with E-state index in [2.05, 4.69) is 69.3 Å². The third kappa shape index (κ3) is 4.11. The minimum absolute atomic E-state index is 0.00454. The van der Waals surface area contributed by atoms with Gasteiger partial charge in [-0.3, -0.25) is 4.79 Å². The van der Waals surface area contributed by atoms with Crippen molar-refractivity contribution in [2.75, 3.05) is 13.4 Å². The minimum atomic E-state index is -1.41. The molecule has 2 saturated carbocycles. The molecule has 0 spiro atoms. The molecule has 3 unspecified atom stereocenters. The van der Waals surface area contributed by atoms with Gasteiger partial charge in [0.1, 0.15) is 6.79 Å². The Bertz CT molecular complexity index is 878. The molecule has 4 nitrogen and oxygen atoms in total. The Kier molecular flexibility index (Phi) is 5.88. The summed E-state index contributed by atoms with van der Waals surface area (Å²) >= 11 is 0. The average Bonchev–Trinajstić information content (AvgIpc) is 3.16. The zero-order chi connectivity index (χ0) is 21.4. The molecule has 30 heavy (non-hydrogen) atoms. The van der Waals surface area contributed by atoms with Crippen LogP contribution in [0.5, 0.6) is 0 Å². The van der Waals surface area contributed by atoms with Gasteiger partial charge in [-0.25, -0.2) is 0 Å². The molecule has 1 amide bonds. The lowest BCUT2D eigenvalue weighted by atomic mass is 9.87. The van der Waals surface area contributed by atoms with Crippen LogP contribution in [0.2, 0.25) is 0 Å². The molecule has 2 aliphatic rings. The molecular weight excluding hydrogens is 390 g/mol. The summed E-state index contributed by atoms with van der Waals surface area (Å²) in [6.45, 7) is 7.48. The van der Waals surface area contributed by atoms with E-state index in [1.54, 1.807) is 0 Å². The van der Waals surface area contributed by atoms with E-state index in [-0.39, 0.29) is 29.4 Å². The SMILES string of the molecule is CC(C)(C)c1ccc([Si](OCOCC23CCCC2C3C(N)=O)c2ccccc2)cc1. The molecule has 2 aliphatic carbocycles. The van der Waals surface area contributed by atoms with Gasteiger partial charge < -0.3 is 14.9 Å². The van der Waals surface area contributed by atoms with Gasteiger partial charge in [0, 0.05) is 11.3 Å². The molecule has 3 atom stereocenters. The Morgan fingerprint density at radius 2 is 1.77 bits per heavy atom. The molecule has 4 rings (SSSR count). The van der Waals surface area contributed by atoms with Gasteiger partial charge in [-0.15, -0.1) is 0 Å². The molecule has 1 radical (unpaired) electrons. The summed E-state index contributed by atoms with van der Waals surface area (Å²) in [5.74, 6) is 0.242. The van der Waals surface area contributed by atoms with Crippen LogP contribution in [0.15, 0.2) is 54.6 Å². The van der Waals surface area contributed by atoms with Gasteiger partial charge in [-0.2, -0.15) is 0 Å². The van der Waals surface area contributed by atoms with Gasteiger partial charge in [-0.1, -0.05) is 81.8 Å². The maximum absolute atomic E-state index is 11.7. The van der Waals surface area contributed by atoms with Crippen LogP contribution in [-0.2, 0) is 19.4 Å². The van der Waals surface area contributed by atoms with Crippen LogP contribution >= 0.6 is 0 Å². The van der Waals surface area contributed by atoms with Crippen molar-refractivity contribution in [3.05, 3.63) is 60.2 Å². The molecule has 0 saturated heterocycles. The average molecular weight is 423 g/mol. The van der Waals surface area contributed by atoms with Crippen LogP contribution in [0.3, 0.4) is 0 Å². The number of benzene rings is 2. The summed E-state index contributed by atoms with van der Waals surface area (Å²) in [6.07, 6.45) is 3.30. The molecule has 2 aromatic carbocycles. The number of amides is 1. The van der Waals surface area contributed by atoms with E-state index >= 15 is 0 Å².